The minimum absolute atomic E-state index is 0.156. The Balaban J connectivity index is 2.44. The third-order valence-electron chi connectivity index (χ3n) is 2.00. The Labute approximate surface area is 96.1 Å². The van der Waals surface area contributed by atoms with Crippen LogP contribution in [-0.2, 0) is 9.53 Å². The first kappa shape index (κ1) is 12.6. The van der Waals surface area contributed by atoms with Crippen LogP contribution in [0.4, 0.5) is 0 Å². The number of carbonyl (C=O) groups excluding carboxylic acids is 1. The summed E-state index contributed by atoms with van der Waals surface area (Å²) in [5.74, 6) is 0.102. The SMILES string of the molecule is CC(C)(C)OC(=O)C=CC1C=CC(O)=CC1. The second kappa shape index (κ2) is 5.01. The van der Waals surface area contributed by atoms with Crippen molar-refractivity contribution in [3.05, 3.63) is 36.1 Å². The van der Waals surface area contributed by atoms with E-state index in [4.69, 9.17) is 9.84 Å². The van der Waals surface area contributed by atoms with Gasteiger partial charge in [0.25, 0.3) is 0 Å². The first-order valence-electron chi connectivity index (χ1n) is 5.35. The standard InChI is InChI=1S/C13H18O3/c1-13(2,3)16-12(15)9-6-10-4-7-11(14)8-5-10/h4,6-10,14H,5H2,1-3H3. The van der Waals surface area contributed by atoms with Gasteiger partial charge in [0.1, 0.15) is 11.4 Å². The Morgan fingerprint density at radius 1 is 1.56 bits per heavy atom. The molecule has 0 aromatic heterocycles. The maximum atomic E-state index is 11.4. The highest BCUT2D eigenvalue weighted by atomic mass is 16.6. The largest absolute Gasteiger partial charge is 0.508 e. The van der Waals surface area contributed by atoms with E-state index in [2.05, 4.69) is 0 Å². The smallest absolute Gasteiger partial charge is 0.330 e. The van der Waals surface area contributed by atoms with Crippen LogP contribution in [0.5, 0.6) is 0 Å². The van der Waals surface area contributed by atoms with Gasteiger partial charge < -0.3 is 9.84 Å². The van der Waals surface area contributed by atoms with Gasteiger partial charge in [-0.15, -0.1) is 0 Å². The molecular formula is C13H18O3. The predicted molar refractivity (Wildman–Crippen MR) is 62.9 cm³/mol. The van der Waals surface area contributed by atoms with E-state index in [-0.39, 0.29) is 17.6 Å². The highest BCUT2D eigenvalue weighted by Gasteiger charge is 2.14. The van der Waals surface area contributed by atoms with E-state index in [1.165, 1.54) is 6.08 Å². The molecule has 3 nitrogen and oxygen atoms in total. The van der Waals surface area contributed by atoms with E-state index in [0.717, 1.165) is 0 Å². The van der Waals surface area contributed by atoms with Crippen molar-refractivity contribution < 1.29 is 14.6 Å². The van der Waals surface area contributed by atoms with Gasteiger partial charge in [-0.1, -0.05) is 12.2 Å². The molecule has 1 aliphatic rings. The van der Waals surface area contributed by atoms with E-state index < -0.39 is 5.60 Å². The van der Waals surface area contributed by atoms with Crippen molar-refractivity contribution in [2.45, 2.75) is 32.8 Å². The molecule has 1 aliphatic carbocycles. The van der Waals surface area contributed by atoms with Crippen molar-refractivity contribution in [1.82, 2.24) is 0 Å². The van der Waals surface area contributed by atoms with Crippen LogP contribution in [0.3, 0.4) is 0 Å². The first-order valence-corrected chi connectivity index (χ1v) is 5.35. The molecule has 0 saturated heterocycles. The van der Waals surface area contributed by atoms with Gasteiger partial charge in [-0.05, 0) is 45.3 Å². The molecule has 0 aromatic rings. The van der Waals surface area contributed by atoms with Crippen LogP contribution in [0.1, 0.15) is 27.2 Å². The molecule has 0 fully saturated rings. The molecule has 3 heteroatoms. The molecule has 16 heavy (non-hydrogen) atoms. The average molecular weight is 222 g/mol. The lowest BCUT2D eigenvalue weighted by atomic mass is 10.00. The number of allylic oxidation sites excluding steroid dienone is 4. The third kappa shape index (κ3) is 4.82. The van der Waals surface area contributed by atoms with E-state index >= 15 is 0 Å². The van der Waals surface area contributed by atoms with Gasteiger partial charge >= 0.3 is 5.97 Å². The summed E-state index contributed by atoms with van der Waals surface area (Å²) in [5, 5.41) is 9.12. The summed E-state index contributed by atoms with van der Waals surface area (Å²) in [5.41, 5.74) is -0.456. The second-order valence-electron chi connectivity index (χ2n) is 4.78. The molecule has 1 unspecified atom stereocenters. The zero-order chi connectivity index (χ0) is 12.2. The molecule has 0 bridgehead atoms. The lowest BCUT2D eigenvalue weighted by molar-refractivity contribution is -0.148. The summed E-state index contributed by atoms with van der Waals surface area (Å²) in [6.45, 7) is 5.50. The summed E-state index contributed by atoms with van der Waals surface area (Å²) in [6, 6.07) is 0. The number of aliphatic hydroxyl groups excluding tert-OH is 1. The lowest BCUT2D eigenvalue weighted by Gasteiger charge is -2.18. The van der Waals surface area contributed by atoms with Crippen LogP contribution in [-0.4, -0.2) is 16.7 Å². The molecular weight excluding hydrogens is 204 g/mol. The normalized spacial score (nSPS) is 20.9. The molecule has 1 N–H and O–H groups in total. The fourth-order valence-corrected chi connectivity index (χ4v) is 1.31. The van der Waals surface area contributed by atoms with E-state index in [1.54, 1.807) is 18.2 Å². The van der Waals surface area contributed by atoms with Gasteiger partial charge in [-0.25, -0.2) is 4.79 Å². The first-order chi connectivity index (χ1) is 7.37. The molecule has 0 saturated carbocycles. The summed E-state index contributed by atoms with van der Waals surface area (Å²) in [4.78, 5) is 11.4. The van der Waals surface area contributed by atoms with Gasteiger partial charge in [0.2, 0.25) is 0 Å². The van der Waals surface area contributed by atoms with E-state index in [0.29, 0.717) is 6.42 Å². The second-order valence-corrected chi connectivity index (χ2v) is 4.78. The van der Waals surface area contributed by atoms with Gasteiger partial charge in [-0.2, -0.15) is 0 Å². The number of carbonyl (C=O) groups is 1. The number of rotatable bonds is 2. The van der Waals surface area contributed by atoms with Crippen molar-refractivity contribution in [3.8, 4) is 0 Å². The molecule has 0 amide bonds. The fourth-order valence-electron chi connectivity index (χ4n) is 1.31. The Kier molecular flexibility index (Phi) is 3.93. The van der Waals surface area contributed by atoms with Gasteiger partial charge in [0, 0.05) is 6.08 Å². The number of esters is 1. The highest BCUT2D eigenvalue weighted by Crippen LogP contribution is 2.16. The van der Waals surface area contributed by atoms with Crippen LogP contribution in [0.2, 0.25) is 0 Å². The third-order valence-corrected chi connectivity index (χ3v) is 2.00. The Bertz CT molecular complexity index is 343. The molecule has 0 aliphatic heterocycles. The number of ether oxygens (including phenoxy) is 1. The molecule has 88 valence electrons. The van der Waals surface area contributed by atoms with Crippen molar-refractivity contribution in [3.63, 3.8) is 0 Å². The Morgan fingerprint density at radius 2 is 2.25 bits per heavy atom. The molecule has 0 radical (unpaired) electrons. The molecule has 1 rings (SSSR count). The van der Waals surface area contributed by atoms with Crippen LogP contribution < -0.4 is 0 Å². The molecule has 0 heterocycles. The summed E-state index contributed by atoms with van der Waals surface area (Å²) >= 11 is 0. The molecule has 1 atom stereocenters. The monoisotopic (exact) mass is 222 g/mol. The summed E-state index contributed by atoms with van der Waals surface area (Å²) in [7, 11) is 0. The van der Waals surface area contributed by atoms with Crippen LogP contribution in [0.25, 0.3) is 0 Å². The minimum Gasteiger partial charge on any atom is -0.508 e. The van der Waals surface area contributed by atoms with Crippen LogP contribution in [0.15, 0.2) is 36.1 Å². The highest BCUT2D eigenvalue weighted by molar-refractivity contribution is 5.82. The van der Waals surface area contributed by atoms with E-state index in [1.807, 2.05) is 26.8 Å². The topological polar surface area (TPSA) is 46.5 Å². The van der Waals surface area contributed by atoms with Crippen molar-refractivity contribution in [1.29, 1.82) is 0 Å². The Morgan fingerprint density at radius 3 is 2.75 bits per heavy atom. The lowest BCUT2D eigenvalue weighted by Crippen LogP contribution is -2.22. The zero-order valence-corrected chi connectivity index (χ0v) is 9.93. The predicted octanol–water partition coefficient (Wildman–Crippen LogP) is 2.90. The Hall–Kier alpha value is -1.51. The van der Waals surface area contributed by atoms with Crippen molar-refractivity contribution in [2.75, 3.05) is 0 Å². The van der Waals surface area contributed by atoms with Gasteiger partial charge in [-0.3, -0.25) is 0 Å². The number of hydrogen-bond donors (Lipinski definition) is 1. The van der Waals surface area contributed by atoms with Gasteiger partial charge in [0.05, 0.1) is 0 Å². The fraction of sp³-hybridized carbons (Fsp3) is 0.462. The maximum absolute atomic E-state index is 11.4. The molecule has 0 aromatic carbocycles. The maximum Gasteiger partial charge on any atom is 0.330 e. The van der Waals surface area contributed by atoms with Crippen LogP contribution >= 0.6 is 0 Å². The average Bonchev–Trinajstić information content (AvgIpc) is 2.14. The van der Waals surface area contributed by atoms with E-state index in [9.17, 15) is 4.79 Å². The minimum atomic E-state index is -0.456. The quantitative estimate of drug-likeness (QED) is 0.577. The number of hydrogen-bond acceptors (Lipinski definition) is 3. The van der Waals surface area contributed by atoms with Gasteiger partial charge in [0.15, 0.2) is 0 Å². The van der Waals surface area contributed by atoms with Crippen molar-refractivity contribution in [2.24, 2.45) is 5.92 Å². The summed E-state index contributed by atoms with van der Waals surface area (Å²) in [6.07, 6.45) is 9.15. The van der Waals surface area contributed by atoms with Crippen LogP contribution in [0, 0.1) is 5.92 Å². The van der Waals surface area contributed by atoms with Crippen molar-refractivity contribution >= 4 is 5.97 Å². The summed E-state index contributed by atoms with van der Waals surface area (Å²) < 4.78 is 5.14. The molecule has 0 spiro atoms. The zero-order valence-electron chi connectivity index (χ0n) is 9.93. The number of aliphatic hydroxyl groups is 1.